The maximum atomic E-state index is 12.0. The Morgan fingerprint density at radius 3 is 2.24 bits per heavy atom. The van der Waals surface area contributed by atoms with Gasteiger partial charge < -0.3 is 10.2 Å². The zero-order valence-corrected chi connectivity index (χ0v) is 12.6. The summed E-state index contributed by atoms with van der Waals surface area (Å²) in [6.07, 6.45) is 0. The van der Waals surface area contributed by atoms with Crippen LogP contribution in [0.3, 0.4) is 0 Å². The molecule has 0 radical (unpaired) electrons. The van der Waals surface area contributed by atoms with E-state index in [9.17, 15) is 4.79 Å². The second-order valence-electron chi connectivity index (χ2n) is 5.31. The largest absolute Gasteiger partial charge is 0.365 e. The third kappa shape index (κ3) is 4.63. The number of rotatable bonds is 6. The first-order valence-electron chi connectivity index (χ1n) is 7.24. The molecule has 0 fully saturated rings. The molecule has 110 valence electrons. The van der Waals surface area contributed by atoms with Gasteiger partial charge in [-0.05, 0) is 23.6 Å². The van der Waals surface area contributed by atoms with Gasteiger partial charge in [-0.3, -0.25) is 4.79 Å². The summed E-state index contributed by atoms with van der Waals surface area (Å²) in [4.78, 5) is 14.0. The van der Waals surface area contributed by atoms with Crippen LogP contribution in [0.4, 0.5) is 5.69 Å². The van der Waals surface area contributed by atoms with E-state index in [0.29, 0.717) is 19.0 Å². The van der Waals surface area contributed by atoms with E-state index in [1.165, 1.54) is 5.56 Å². The first-order chi connectivity index (χ1) is 10.2. The molecular weight excluding hydrogens is 260 g/mol. The van der Waals surface area contributed by atoms with Gasteiger partial charge in [0, 0.05) is 19.3 Å². The highest BCUT2D eigenvalue weighted by Crippen LogP contribution is 2.13. The van der Waals surface area contributed by atoms with Crippen LogP contribution in [0.15, 0.2) is 60.7 Å². The van der Waals surface area contributed by atoms with Crippen molar-refractivity contribution in [1.29, 1.82) is 0 Å². The van der Waals surface area contributed by atoms with Crippen LogP contribution in [-0.4, -0.2) is 26.0 Å². The normalized spacial score (nSPS) is 11.7. The lowest BCUT2D eigenvalue weighted by Crippen LogP contribution is -2.36. The molecule has 0 saturated heterocycles. The SMILES string of the molecule is C[C@@H](CNC(=O)CN(C)c1ccccc1)c1ccccc1. The van der Waals surface area contributed by atoms with Crippen molar-refractivity contribution in [3.05, 3.63) is 66.2 Å². The third-order valence-electron chi connectivity index (χ3n) is 3.55. The zero-order chi connectivity index (χ0) is 15.1. The van der Waals surface area contributed by atoms with E-state index < -0.39 is 0 Å². The molecule has 2 aromatic rings. The second-order valence-corrected chi connectivity index (χ2v) is 5.31. The fraction of sp³-hybridized carbons (Fsp3) is 0.278. The lowest BCUT2D eigenvalue weighted by Gasteiger charge is -2.19. The maximum Gasteiger partial charge on any atom is 0.239 e. The Balaban J connectivity index is 1.80. The van der Waals surface area contributed by atoms with Gasteiger partial charge in [0.25, 0.3) is 0 Å². The Morgan fingerprint density at radius 2 is 1.62 bits per heavy atom. The lowest BCUT2D eigenvalue weighted by atomic mass is 10.0. The summed E-state index contributed by atoms with van der Waals surface area (Å²) in [6.45, 7) is 3.15. The van der Waals surface area contributed by atoms with Gasteiger partial charge in [0.15, 0.2) is 0 Å². The van der Waals surface area contributed by atoms with Crippen molar-refractivity contribution in [3.63, 3.8) is 0 Å². The monoisotopic (exact) mass is 282 g/mol. The summed E-state index contributed by atoms with van der Waals surface area (Å²) >= 11 is 0. The molecule has 1 N–H and O–H groups in total. The predicted octanol–water partition coefficient (Wildman–Crippen LogP) is 3.04. The molecule has 0 unspecified atom stereocenters. The molecule has 21 heavy (non-hydrogen) atoms. The Labute approximate surface area is 126 Å². The van der Waals surface area contributed by atoms with Crippen LogP contribution in [0.2, 0.25) is 0 Å². The van der Waals surface area contributed by atoms with Gasteiger partial charge in [-0.2, -0.15) is 0 Å². The summed E-state index contributed by atoms with van der Waals surface area (Å²) in [6, 6.07) is 20.2. The average molecular weight is 282 g/mol. The van der Waals surface area contributed by atoms with E-state index in [1.54, 1.807) is 0 Å². The number of amides is 1. The maximum absolute atomic E-state index is 12.0. The first kappa shape index (κ1) is 15.1. The Bertz CT molecular complexity index is 554. The summed E-state index contributed by atoms with van der Waals surface area (Å²) < 4.78 is 0. The van der Waals surface area contributed by atoms with Crippen molar-refractivity contribution >= 4 is 11.6 Å². The minimum absolute atomic E-state index is 0.0455. The van der Waals surface area contributed by atoms with E-state index in [2.05, 4.69) is 24.4 Å². The number of carbonyl (C=O) groups excluding carboxylic acids is 1. The molecule has 0 heterocycles. The van der Waals surface area contributed by atoms with E-state index in [4.69, 9.17) is 0 Å². The molecule has 0 aliphatic rings. The summed E-state index contributed by atoms with van der Waals surface area (Å²) in [7, 11) is 1.93. The third-order valence-corrected chi connectivity index (χ3v) is 3.55. The minimum atomic E-state index is 0.0455. The topological polar surface area (TPSA) is 32.3 Å². The van der Waals surface area contributed by atoms with Crippen LogP contribution in [0.25, 0.3) is 0 Å². The van der Waals surface area contributed by atoms with Gasteiger partial charge in [0.05, 0.1) is 6.54 Å². The van der Waals surface area contributed by atoms with Gasteiger partial charge in [-0.1, -0.05) is 55.5 Å². The molecule has 0 aliphatic heterocycles. The first-order valence-corrected chi connectivity index (χ1v) is 7.24. The van der Waals surface area contributed by atoms with Gasteiger partial charge in [-0.15, -0.1) is 0 Å². The summed E-state index contributed by atoms with van der Waals surface area (Å²) in [5, 5.41) is 3.00. The molecular formula is C18H22N2O. The Kier molecular flexibility index (Phi) is 5.38. The van der Waals surface area contributed by atoms with Crippen LogP contribution >= 0.6 is 0 Å². The van der Waals surface area contributed by atoms with E-state index >= 15 is 0 Å². The zero-order valence-electron chi connectivity index (χ0n) is 12.6. The molecule has 3 heteroatoms. The number of benzene rings is 2. The van der Waals surface area contributed by atoms with Crippen LogP contribution in [0.5, 0.6) is 0 Å². The molecule has 2 aromatic carbocycles. The number of anilines is 1. The Hall–Kier alpha value is -2.29. The van der Waals surface area contributed by atoms with E-state index in [0.717, 1.165) is 5.69 Å². The molecule has 0 bridgehead atoms. The van der Waals surface area contributed by atoms with Gasteiger partial charge in [0.2, 0.25) is 5.91 Å². The van der Waals surface area contributed by atoms with Crippen LogP contribution in [0, 0.1) is 0 Å². The number of hydrogen-bond donors (Lipinski definition) is 1. The fourth-order valence-electron chi connectivity index (χ4n) is 2.21. The van der Waals surface area contributed by atoms with Crippen LogP contribution in [-0.2, 0) is 4.79 Å². The Morgan fingerprint density at radius 1 is 1.05 bits per heavy atom. The van der Waals surface area contributed by atoms with Gasteiger partial charge in [0.1, 0.15) is 0 Å². The summed E-state index contributed by atoms with van der Waals surface area (Å²) in [5.74, 6) is 0.362. The minimum Gasteiger partial charge on any atom is -0.365 e. The molecule has 0 aromatic heterocycles. The number of carbonyl (C=O) groups is 1. The van der Waals surface area contributed by atoms with Crippen molar-refractivity contribution in [3.8, 4) is 0 Å². The molecule has 3 nitrogen and oxygen atoms in total. The molecule has 0 saturated carbocycles. The second kappa shape index (κ2) is 7.48. The molecule has 1 atom stereocenters. The van der Waals surface area contributed by atoms with E-state index in [-0.39, 0.29) is 5.91 Å². The molecule has 0 aliphatic carbocycles. The quantitative estimate of drug-likeness (QED) is 0.883. The highest BCUT2D eigenvalue weighted by Gasteiger charge is 2.09. The van der Waals surface area contributed by atoms with Crippen molar-refractivity contribution in [2.75, 3.05) is 25.0 Å². The number of para-hydroxylation sites is 1. The van der Waals surface area contributed by atoms with Crippen LogP contribution < -0.4 is 10.2 Å². The van der Waals surface area contributed by atoms with Crippen molar-refractivity contribution in [2.24, 2.45) is 0 Å². The number of nitrogens with one attached hydrogen (secondary N) is 1. The number of hydrogen-bond acceptors (Lipinski definition) is 2. The van der Waals surface area contributed by atoms with Crippen LogP contribution in [0.1, 0.15) is 18.4 Å². The van der Waals surface area contributed by atoms with Crippen molar-refractivity contribution in [1.82, 2.24) is 5.32 Å². The number of nitrogens with zero attached hydrogens (tertiary/aromatic N) is 1. The highest BCUT2D eigenvalue weighted by atomic mass is 16.2. The fourth-order valence-corrected chi connectivity index (χ4v) is 2.21. The van der Waals surface area contributed by atoms with Crippen molar-refractivity contribution in [2.45, 2.75) is 12.8 Å². The molecule has 0 spiro atoms. The number of likely N-dealkylation sites (N-methyl/N-ethyl adjacent to an activating group) is 1. The van der Waals surface area contributed by atoms with Gasteiger partial charge >= 0.3 is 0 Å². The predicted molar refractivity (Wildman–Crippen MR) is 87.6 cm³/mol. The van der Waals surface area contributed by atoms with Crippen molar-refractivity contribution < 1.29 is 4.79 Å². The molecule has 1 amide bonds. The smallest absolute Gasteiger partial charge is 0.239 e. The summed E-state index contributed by atoms with van der Waals surface area (Å²) in [5.41, 5.74) is 2.29. The highest BCUT2D eigenvalue weighted by molar-refractivity contribution is 5.81. The molecule has 2 rings (SSSR count). The average Bonchev–Trinajstić information content (AvgIpc) is 2.54. The van der Waals surface area contributed by atoms with Gasteiger partial charge in [-0.25, -0.2) is 0 Å². The lowest BCUT2D eigenvalue weighted by molar-refractivity contribution is -0.119. The van der Waals surface area contributed by atoms with E-state index in [1.807, 2.05) is 60.5 Å². The standard InChI is InChI=1S/C18H22N2O/c1-15(16-9-5-3-6-10-16)13-19-18(21)14-20(2)17-11-7-4-8-12-17/h3-12,15H,13-14H2,1-2H3,(H,19,21)/t15-/m0/s1.